The van der Waals surface area contributed by atoms with Crippen molar-refractivity contribution in [3.63, 3.8) is 0 Å². The molecule has 3 heterocycles. The fourth-order valence-corrected chi connectivity index (χ4v) is 3.98. The van der Waals surface area contributed by atoms with Crippen LogP contribution in [0, 0.1) is 0 Å². The molecule has 2 fully saturated rings. The van der Waals surface area contributed by atoms with E-state index < -0.39 is 0 Å². The van der Waals surface area contributed by atoms with Gasteiger partial charge < -0.3 is 4.90 Å². The molecule has 19 heavy (non-hydrogen) atoms. The van der Waals surface area contributed by atoms with Gasteiger partial charge in [0, 0.05) is 56.1 Å². The molecular formula is C13H19BrN4S. The van der Waals surface area contributed by atoms with Crippen LogP contribution in [0.2, 0.25) is 0 Å². The van der Waals surface area contributed by atoms with Gasteiger partial charge in [-0.2, -0.15) is 11.8 Å². The highest BCUT2D eigenvalue weighted by Gasteiger charge is 2.26. The van der Waals surface area contributed by atoms with E-state index in [9.17, 15) is 0 Å². The minimum Gasteiger partial charge on any atom is -0.341 e. The molecule has 0 aliphatic carbocycles. The number of hydrogen-bond acceptors (Lipinski definition) is 5. The molecule has 6 heteroatoms. The molecule has 2 aliphatic rings. The van der Waals surface area contributed by atoms with Gasteiger partial charge >= 0.3 is 0 Å². The predicted molar refractivity (Wildman–Crippen MR) is 83.9 cm³/mol. The molecule has 1 aromatic heterocycles. The highest BCUT2D eigenvalue weighted by molar-refractivity contribution is 9.10. The van der Waals surface area contributed by atoms with Crippen LogP contribution >= 0.6 is 27.7 Å². The fourth-order valence-electron chi connectivity index (χ4n) is 2.84. The summed E-state index contributed by atoms with van der Waals surface area (Å²) in [6, 6.07) is 0.771. The normalized spacial score (nSPS) is 22.7. The number of aromatic nitrogens is 2. The fraction of sp³-hybridized carbons (Fsp3) is 0.692. The van der Waals surface area contributed by atoms with Gasteiger partial charge in [0.2, 0.25) is 5.95 Å². The number of anilines is 1. The van der Waals surface area contributed by atoms with Crippen LogP contribution in [0.1, 0.15) is 12.8 Å². The number of hydrogen-bond donors (Lipinski definition) is 0. The van der Waals surface area contributed by atoms with Crippen LogP contribution in [0.15, 0.2) is 16.9 Å². The van der Waals surface area contributed by atoms with Gasteiger partial charge in [0.05, 0.1) is 4.47 Å². The average molecular weight is 343 g/mol. The predicted octanol–water partition coefficient (Wildman–Crippen LogP) is 2.26. The Hall–Kier alpha value is -0.330. The summed E-state index contributed by atoms with van der Waals surface area (Å²) in [5.74, 6) is 3.47. The van der Waals surface area contributed by atoms with Crippen molar-refractivity contribution in [1.29, 1.82) is 0 Å². The van der Waals surface area contributed by atoms with Crippen LogP contribution in [0.3, 0.4) is 0 Å². The van der Waals surface area contributed by atoms with Crippen LogP contribution in [0.4, 0.5) is 5.95 Å². The SMILES string of the molecule is Brc1cnc(N2CCC(N3CCSCC3)CC2)nc1. The second-order valence-electron chi connectivity index (χ2n) is 5.07. The summed E-state index contributed by atoms with van der Waals surface area (Å²) in [6.45, 7) is 4.69. The van der Waals surface area contributed by atoms with E-state index in [0.717, 1.165) is 29.6 Å². The highest BCUT2D eigenvalue weighted by atomic mass is 79.9. The third-order valence-corrected chi connectivity index (χ3v) is 5.27. The topological polar surface area (TPSA) is 32.3 Å². The lowest BCUT2D eigenvalue weighted by Crippen LogP contribution is -2.48. The molecule has 3 rings (SSSR count). The van der Waals surface area contributed by atoms with Gasteiger partial charge in [-0.3, -0.25) is 4.90 Å². The Morgan fingerprint density at radius 1 is 1.05 bits per heavy atom. The molecule has 0 spiro atoms. The van der Waals surface area contributed by atoms with Gasteiger partial charge in [-0.15, -0.1) is 0 Å². The summed E-state index contributed by atoms with van der Waals surface area (Å²) in [5, 5.41) is 0. The van der Waals surface area contributed by atoms with E-state index in [2.05, 4.69) is 47.5 Å². The zero-order valence-electron chi connectivity index (χ0n) is 11.0. The Morgan fingerprint density at radius 2 is 1.68 bits per heavy atom. The van der Waals surface area contributed by atoms with Crippen LogP contribution in [-0.4, -0.2) is 58.6 Å². The van der Waals surface area contributed by atoms with Gasteiger partial charge in [0.1, 0.15) is 0 Å². The number of piperidine rings is 1. The third kappa shape index (κ3) is 3.41. The molecule has 0 unspecified atom stereocenters. The minimum atomic E-state index is 0.771. The van der Waals surface area contributed by atoms with Gasteiger partial charge in [-0.1, -0.05) is 0 Å². The molecule has 2 aliphatic heterocycles. The maximum absolute atomic E-state index is 4.39. The average Bonchev–Trinajstić information content (AvgIpc) is 2.49. The zero-order chi connectivity index (χ0) is 13.1. The van der Waals surface area contributed by atoms with E-state index in [-0.39, 0.29) is 0 Å². The minimum absolute atomic E-state index is 0.771. The molecule has 4 nitrogen and oxygen atoms in total. The van der Waals surface area contributed by atoms with Crippen molar-refractivity contribution >= 4 is 33.6 Å². The summed E-state index contributed by atoms with van der Waals surface area (Å²) in [5.41, 5.74) is 0. The quantitative estimate of drug-likeness (QED) is 0.823. The van der Waals surface area contributed by atoms with Crippen LogP contribution in [-0.2, 0) is 0 Å². The Kier molecular flexibility index (Phi) is 4.61. The van der Waals surface area contributed by atoms with Crippen molar-refractivity contribution in [2.24, 2.45) is 0 Å². The van der Waals surface area contributed by atoms with E-state index in [4.69, 9.17) is 0 Å². The largest absolute Gasteiger partial charge is 0.341 e. The van der Waals surface area contributed by atoms with Crippen LogP contribution in [0.5, 0.6) is 0 Å². The first-order valence-electron chi connectivity index (χ1n) is 6.87. The van der Waals surface area contributed by atoms with Crippen molar-refractivity contribution in [2.75, 3.05) is 42.6 Å². The monoisotopic (exact) mass is 342 g/mol. The molecule has 0 saturated carbocycles. The molecule has 0 N–H and O–H groups in total. The molecule has 2 saturated heterocycles. The van der Waals surface area contributed by atoms with E-state index in [1.165, 1.54) is 37.4 Å². The van der Waals surface area contributed by atoms with Crippen LogP contribution in [0.25, 0.3) is 0 Å². The van der Waals surface area contributed by atoms with Gasteiger partial charge in [-0.25, -0.2) is 9.97 Å². The maximum Gasteiger partial charge on any atom is 0.225 e. The van der Waals surface area contributed by atoms with E-state index in [1.54, 1.807) is 0 Å². The first-order chi connectivity index (χ1) is 9.33. The lowest BCUT2D eigenvalue weighted by Gasteiger charge is -2.40. The maximum atomic E-state index is 4.39. The number of nitrogens with zero attached hydrogens (tertiary/aromatic N) is 4. The lowest BCUT2D eigenvalue weighted by atomic mass is 10.0. The molecule has 0 aromatic carbocycles. The van der Waals surface area contributed by atoms with E-state index in [1.807, 2.05) is 12.4 Å². The molecule has 0 atom stereocenters. The summed E-state index contributed by atoms with van der Waals surface area (Å²) in [6.07, 6.45) is 6.14. The Bertz CT molecular complexity index is 400. The summed E-state index contributed by atoms with van der Waals surface area (Å²) < 4.78 is 0.942. The van der Waals surface area contributed by atoms with Crippen molar-refractivity contribution < 1.29 is 0 Å². The van der Waals surface area contributed by atoms with Gasteiger partial charge in [0.15, 0.2) is 0 Å². The van der Waals surface area contributed by atoms with Crippen molar-refractivity contribution in [2.45, 2.75) is 18.9 Å². The van der Waals surface area contributed by atoms with Gasteiger partial charge in [0.25, 0.3) is 0 Å². The summed E-state index contributed by atoms with van der Waals surface area (Å²) in [7, 11) is 0. The third-order valence-electron chi connectivity index (χ3n) is 3.92. The second-order valence-corrected chi connectivity index (χ2v) is 7.21. The van der Waals surface area contributed by atoms with E-state index >= 15 is 0 Å². The molecular weight excluding hydrogens is 324 g/mol. The zero-order valence-corrected chi connectivity index (χ0v) is 13.4. The van der Waals surface area contributed by atoms with E-state index in [0.29, 0.717) is 0 Å². The molecule has 0 radical (unpaired) electrons. The first kappa shape index (κ1) is 13.6. The highest BCUT2D eigenvalue weighted by Crippen LogP contribution is 2.22. The molecule has 104 valence electrons. The number of halogens is 1. The van der Waals surface area contributed by atoms with Gasteiger partial charge in [-0.05, 0) is 28.8 Å². The molecule has 1 aromatic rings. The van der Waals surface area contributed by atoms with Crippen molar-refractivity contribution in [3.8, 4) is 0 Å². The number of rotatable bonds is 2. The first-order valence-corrected chi connectivity index (χ1v) is 8.82. The van der Waals surface area contributed by atoms with Crippen LogP contribution < -0.4 is 4.90 Å². The Labute approximate surface area is 127 Å². The number of thioether (sulfide) groups is 1. The molecule has 0 amide bonds. The summed E-state index contributed by atoms with van der Waals surface area (Å²) >= 11 is 5.46. The van der Waals surface area contributed by atoms with Crippen molar-refractivity contribution in [1.82, 2.24) is 14.9 Å². The Morgan fingerprint density at radius 3 is 2.32 bits per heavy atom. The Balaban J connectivity index is 1.55. The molecule has 0 bridgehead atoms. The second kappa shape index (κ2) is 6.41. The standard InChI is InChI=1S/C13H19BrN4S/c14-11-9-15-13(16-10-11)18-3-1-12(2-4-18)17-5-7-19-8-6-17/h9-10,12H,1-8H2. The summed E-state index contributed by atoms with van der Waals surface area (Å²) in [4.78, 5) is 13.8. The van der Waals surface area contributed by atoms with Crippen molar-refractivity contribution in [3.05, 3.63) is 16.9 Å². The lowest BCUT2D eigenvalue weighted by molar-refractivity contribution is 0.185. The smallest absolute Gasteiger partial charge is 0.225 e.